The fraction of sp³-hybridized carbons (Fsp3) is 0.333. The lowest BCUT2D eigenvalue weighted by molar-refractivity contribution is -0.113. The molecule has 0 atom stereocenters. The Morgan fingerprint density at radius 1 is 1.19 bits per heavy atom. The van der Waals surface area contributed by atoms with Crippen molar-refractivity contribution in [3.63, 3.8) is 0 Å². The molecule has 2 heterocycles. The Balaban J connectivity index is 0.00000161. The van der Waals surface area contributed by atoms with E-state index in [4.69, 9.17) is 0 Å². The molecule has 1 aromatic carbocycles. The van der Waals surface area contributed by atoms with Crippen LogP contribution in [0.1, 0.15) is 11.1 Å². The summed E-state index contributed by atoms with van der Waals surface area (Å²) in [6.45, 7) is 4.03. The molecule has 0 spiro atoms. The fourth-order valence-electron chi connectivity index (χ4n) is 2.10. The molecule has 1 amide bonds. The number of aryl methyl sites for hydroxylation is 1. The summed E-state index contributed by atoms with van der Waals surface area (Å²) in [6.07, 6.45) is 1.93. The lowest BCUT2D eigenvalue weighted by atomic mass is 10.1. The average Bonchev–Trinajstić information content (AvgIpc) is 2.84. The van der Waals surface area contributed by atoms with Crippen molar-refractivity contribution in [3.8, 4) is 0 Å². The molecule has 1 saturated heterocycles. The van der Waals surface area contributed by atoms with E-state index in [1.54, 1.807) is 0 Å². The van der Waals surface area contributed by atoms with E-state index >= 15 is 0 Å². The number of benzene rings is 1. The van der Waals surface area contributed by atoms with Gasteiger partial charge in [0.15, 0.2) is 5.17 Å². The molecule has 0 unspecified atom stereocenters. The minimum atomic E-state index is -0.108. The number of hydrogen-bond donors (Lipinski definition) is 0. The lowest BCUT2D eigenvalue weighted by Crippen LogP contribution is -2.35. The molecular weight excluding hydrogens is 368 g/mol. The van der Waals surface area contributed by atoms with Crippen LogP contribution in [-0.2, 0) is 4.79 Å². The maximum absolute atomic E-state index is 12.0. The molecule has 2 aliphatic heterocycles. The molecule has 0 radical (unpaired) electrons. The second-order valence-electron chi connectivity index (χ2n) is 4.82. The van der Waals surface area contributed by atoms with Crippen LogP contribution in [0.3, 0.4) is 0 Å². The van der Waals surface area contributed by atoms with Crippen LogP contribution in [-0.4, -0.2) is 40.6 Å². The number of nitrogens with zero attached hydrogens (tertiary/aromatic N) is 2. The Kier molecular flexibility index (Phi) is 5.96. The monoisotopic (exact) mass is 384 g/mol. The molecule has 0 saturated carbocycles. The van der Waals surface area contributed by atoms with Gasteiger partial charge in [-0.1, -0.05) is 29.8 Å². The highest BCUT2D eigenvalue weighted by Crippen LogP contribution is 2.31. The molecule has 3 rings (SSSR count). The van der Waals surface area contributed by atoms with Crippen LogP contribution in [0.4, 0.5) is 0 Å². The van der Waals surface area contributed by atoms with Crippen LogP contribution in [0.5, 0.6) is 0 Å². The number of hydrogen-bond acceptors (Lipinski definition) is 4. The predicted molar refractivity (Wildman–Crippen MR) is 98.4 cm³/mol. The van der Waals surface area contributed by atoms with Gasteiger partial charge in [-0.3, -0.25) is 4.79 Å². The number of carbonyl (C=O) groups excluding carboxylic acids is 1. The number of carbonyl (C=O) groups is 1. The summed E-state index contributed by atoms with van der Waals surface area (Å²) in [5, 5.41) is 0.869. The molecule has 0 N–H and O–H groups in total. The highest BCUT2D eigenvalue weighted by atomic mass is 79.9. The van der Waals surface area contributed by atoms with Crippen LogP contribution in [0.15, 0.2) is 34.2 Å². The molecule has 3 nitrogen and oxygen atoms in total. The summed E-state index contributed by atoms with van der Waals surface area (Å²) < 4.78 is 0. The Bertz CT molecular complexity index is 578. The molecule has 0 bridgehead atoms. The van der Waals surface area contributed by atoms with Gasteiger partial charge in [0.1, 0.15) is 0 Å². The highest BCUT2D eigenvalue weighted by molar-refractivity contribution is 8.93. The zero-order chi connectivity index (χ0) is 13.9. The van der Waals surface area contributed by atoms with E-state index in [2.05, 4.69) is 28.9 Å². The molecule has 21 heavy (non-hydrogen) atoms. The van der Waals surface area contributed by atoms with E-state index in [1.165, 1.54) is 17.3 Å². The van der Waals surface area contributed by atoms with E-state index in [-0.39, 0.29) is 22.9 Å². The minimum Gasteiger partial charge on any atom is -0.349 e. The van der Waals surface area contributed by atoms with Gasteiger partial charge in [-0.2, -0.15) is 16.8 Å². The highest BCUT2D eigenvalue weighted by Gasteiger charge is 2.26. The van der Waals surface area contributed by atoms with Crippen molar-refractivity contribution in [2.45, 2.75) is 6.92 Å². The minimum absolute atomic E-state index is 0. The van der Waals surface area contributed by atoms with Gasteiger partial charge in [-0.15, -0.1) is 17.0 Å². The molecule has 6 heteroatoms. The van der Waals surface area contributed by atoms with Crippen LogP contribution in [0, 0.1) is 6.92 Å². The zero-order valence-electron chi connectivity index (χ0n) is 11.7. The smallest absolute Gasteiger partial charge is 0.286 e. The van der Waals surface area contributed by atoms with Crippen molar-refractivity contribution in [2.75, 3.05) is 24.6 Å². The third kappa shape index (κ3) is 4.14. The molecular formula is C15H17BrN2OS2. The van der Waals surface area contributed by atoms with Crippen molar-refractivity contribution in [1.29, 1.82) is 0 Å². The molecule has 2 aliphatic rings. The first kappa shape index (κ1) is 16.6. The second-order valence-corrected chi connectivity index (χ2v) is 7.05. The van der Waals surface area contributed by atoms with E-state index in [0.29, 0.717) is 0 Å². The first-order valence-electron chi connectivity index (χ1n) is 6.64. The summed E-state index contributed by atoms with van der Waals surface area (Å²) in [4.78, 5) is 19.1. The van der Waals surface area contributed by atoms with Gasteiger partial charge in [0.25, 0.3) is 5.91 Å². The Morgan fingerprint density at radius 2 is 1.86 bits per heavy atom. The molecule has 1 aromatic rings. The second kappa shape index (κ2) is 7.51. The standard InChI is InChI=1S/C15H16N2OS2.BrH/c1-11-2-4-12(5-3-11)10-13-14(18)16-15(20-13)17-6-8-19-9-7-17;/h2-5,10H,6-9H2,1H3;1H. The van der Waals surface area contributed by atoms with Crippen LogP contribution in [0.25, 0.3) is 6.08 Å². The molecule has 0 aliphatic carbocycles. The summed E-state index contributed by atoms with van der Waals surface area (Å²) >= 11 is 3.46. The van der Waals surface area contributed by atoms with E-state index in [9.17, 15) is 4.79 Å². The Labute approximate surface area is 144 Å². The first-order valence-corrected chi connectivity index (χ1v) is 8.61. The number of thioether (sulfide) groups is 2. The maximum atomic E-state index is 12.0. The maximum Gasteiger partial charge on any atom is 0.286 e. The predicted octanol–water partition coefficient (Wildman–Crippen LogP) is 3.59. The number of amidine groups is 1. The van der Waals surface area contributed by atoms with Crippen LogP contribution >= 0.6 is 40.5 Å². The average molecular weight is 385 g/mol. The third-order valence-corrected chi connectivity index (χ3v) is 5.25. The summed E-state index contributed by atoms with van der Waals surface area (Å²) in [6, 6.07) is 8.18. The van der Waals surface area contributed by atoms with Gasteiger partial charge < -0.3 is 4.90 Å². The topological polar surface area (TPSA) is 32.7 Å². The van der Waals surface area contributed by atoms with Gasteiger partial charge in [0.05, 0.1) is 4.91 Å². The van der Waals surface area contributed by atoms with E-state index in [0.717, 1.165) is 40.2 Å². The fourth-order valence-corrected chi connectivity index (χ4v) is 3.97. The number of halogens is 1. The summed E-state index contributed by atoms with van der Waals surface area (Å²) in [5.41, 5.74) is 2.28. The SMILES string of the molecule is Br.Cc1ccc(C=C2SC(N3CCSCC3)=NC2=O)cc1. The van der Waals surface area contributed by atoms with E-state index in [1.807, 2.05) is 30.0 Å². The van der Waals surface area contributed by atoms with E-state index < -0.39 is 0 Å². The number of aliphatic imine (C=N–C) groups is 1. The Morgan fingerprint density at radius 3 is 2.52 bits per heavy atom. The normalized spacial score (nSPS) is 20.4. The lowest BCUT2D eigenvalue weighted by Gasteiger charge is -2.26. The zero-order valence-corrected chi connectivity index (χ0v) is 15.1. The van der Waals surface area contributed by atoms with Gasteiger partial charge in [0.2, 0.25) is 0 Å². The van der Waals surface area contributed by atoms with Crippen molar-refractivity contribution in [3.05, 3.63) is 40.3 Å². The molecule has 112 valence electrons. The molecule has 0 aromatic heterocycles. The summed E-state index contributed by atoms with van der Waals surface area (Å²) in [7, 11) is 0. The first-order chi connectivity index (χ1) is 9.72. The number of rotatable bonds is 1. The van der Waals surface area contributed by atoms with Crippen molar-refractivity contribution >= 4 is 57.7 Å². The van der Waals surface area contributed by atoms with Crippen molar-refractivity contribution in [2.24, 2.45) is 4.99 Å². The van der Waals surface area contributed by atoms with Crippen LogP contribution in [0.2, 0.25) is 0 Å². The van der Waals surface area contributed by atoms with Gasteiger partial charge >= 0.3 is 0 Å². The van der Waals surface area contributed by atoms with Crippen molar-refractivity contribution in [1.82, 2.24) is 4.90 Å². The third-order valence-electron chi connectivity index (χ3n) is 3.27. The largest absolute Gasteiger partial charge is 0.349 e. The van der Waals surface area contributed by atoms with Gasteiger partial charge in [-0.05, 0) is 30.3 Å². The van der Waals surface area contributed by atoms with Gasteiger partial charge in [0, 0.05) is 24.6 Å². The number of amides is 1. The quantitative estimate of drug-likeness (QED) is 0.692. The Hall–Kier alpha value is -0.720. The summed E-state index contributed by atoms with van der Waals surface area (Å²) in [5.74, 6) is 2.12. The van der Waals surface area contributed by atoms with Crippen LogP contribution < -0.4 is 0 Å². The van der Waals surface area contributed by atoms with Crippen molar-refractivity contribution < 1.29 is 4.79 Å². The molecule has 1 fully saturated rings. The van der Waals surface area contributed by atoms with Gasteiger partial charge in [-0.25, -0.2) is 0 Å².